The van der Waals surface area contributed by atoms with Gasteiger partial charge < -0.3 is 20.6 Å². The van der Waals surface area contributed by atoms with E-state index in [9.17, 15) is 19.5 Å². The maximum Gasteiger partial charge on any atom is 0.257 e. The van der Waals surface area contributed by atoms with E-state index in [1.807, 2.05) is 18.2 Å². The third-order valence-corrected chi connectivity index (χ3v) is 5.47. The third kappa shape index (κ3) is 6.44. The number of aromatic hydroxyl groups is 1. The van der Waals surface area contributed by atoms with Crippen LogP contribution in [0.2, 0.25) is 0 Å². The van der Waals surface area contributed by atoms with Crippen molar-refractivity contribution in [3.8, 4) is 5.75 Å². The van der Waals surface area contributed by atoms with Crippen molar-refractivity contribution in [2.75, 3.05) is 31.8 Å². The molecule has 3 N–H and O–H groups in total. The van der Waals surface area contributed by atoms with Crippen molar-refractivity contribution in [1.29, 1.82) is 0 Å². The number of hydrogen-bond acceptors (Lipinski definition) is 6. The van der Waals surface area contributed by atoms with Crippen LogP contribution < -0.4 is 21.5 Å². The number of para-hydroxylation sites is 1. The van der Waals surface area contributed by atoms with Crippen LogP contribution in [0.1, 0.15) is 48.7 Å². The molecular weight excluding hydrogens is 418 g/mol. The van der Waals surface area contributed by atoms with Crippen LogP contribution >= 0.6 is 0 Å². The van der Waals surface area contributed by atoms with Crippen molar-refractivity contribution in [3.63, 3.8) is 0 Å². The molecule has 0 aromatic heterocycles. The van der Waals surface area contributed by atoms with E-state index in [-0.39, 0.29) is 17.7 Å². The molecule has 0 heterocycles. The summed E-state index contributed by atoms with van der Waals surface area (Å²) in [7, 11) is 4.99. The summed E-state index contributed by atoms with van der Waals surface area (Å²) in [6.07, 6.45) is 2.17. The van der Waals surface area contributed by atoms with E-state index in [2.05, 4.69) is 36.6 Å². The van der Waals surface area contributed by atoms with Gasteiger partial charge in [-0.1, -0.05) is 56.7 Å². The molecule has 33 heavy (non-hydrogen) atoms. The smallest absolute Gasteiger partial charge is 0.257 e. The van der Waals surface area contributed by atoms with Gasteiger partial charge in [0.15, 0.2) is 5.75 Å². The lowest BCUT2D eigenvalue weighted by Crippen LogP contribution is -2.34. The van der Waals surface area contributed by atoms with Crippen molar-refractivity contribution >= 4 is 17.3 Å². The number of hydrogen-bond donors (Lipinski definition) is 3. The van der Waals surface area contributed by atoms with E-state index in [0.29, 0.717) is 22.9 Å². The van der Waals surface area contributed by atoms with Gasteiger partial charge in [0.2, 0.25) is 10.9 Å². The average Bonchev–Trinajstić information content (AvgIpc) is 2.82. The van der Waals surface area contributed by atoms with E-state index in [1.165, 1.54) is 11.0 Å². The molecule has 0 saturated carbocycles. The zero-order valence-corrected chi connectivity index (χ0v) is 19.9. The van der Waals surface area contributed by atoms with E-state index >= 15 is 0 Å². The highest BCUT2D eigenvalue weighted by molar-refractivity contribution is 5.98. The Bertz CT molecular complexity index is 1120. The number of nitrogens with zero attached hydrogens (tertiary/aromatic N) is 1. The monoisotopic (exact) mass is 451 g/mol. The molecular formula is C26H33N3O4. The Hall–Kier alpha value is -3.61. The van der Waals surface area contributed by atoms with Crippen LogP contribution in [0.5, 0.6) is 5.75 Å². The Balaban J connectivity index is 0.000000245. The van der Waals surface area contributed by atoms with Crippen LogP contribution in [0.3, 0.4) is 0 Å². The van der Waals surface area contributed by atoms with Gasteiger partial charge >= 0.3 is 0 Å². The standard InChI is InChI=1S/C16H19NO2.C10H14N2O2/c1-3-7-11(2)15(12-8-5-4-6-9-12)17-13-10-14(18)16(13)19;1-11-8-6-4-5-7(9(8)13)10(14)12(2)3/h4-6,8-11,15,17H,3,7H2,1-2H3;4-6,11,13H,1-3H3/t11?,15-;/m1./s1. The normalized spacial score (nSPS) is 12.3. The van der Waals surface area contributed by atoms with Gasteiger partial charge in [0.25, 0.3) is 5.91 Å². The fourth-order valence-electron chi connectivity index (χ4n) is 3.59. The molecule has 7 nitrogen and oxygen atoms in total. The third-order valence-electron chi connectivity index (χ3n) is 5.47. The molecule has 0 fully saturated rings. The average molecular weight is 452 g/mol. The molecule has 0 bridgehead atoms. The highest BCUT2D eigenvalue weighted by atomic mass is 16.3. The lowest BCUT2D eigenvalue weighted by Gasteiger charge is -2.26. The van der Waals surface area contributed by atoms with E-state index < -0.39 is 10.9 Å². The van der Waals surface area contributed by atoms with Gasteiger partial charge in [-0.3, -0.25) is 14.4 Å². The van der Waals surface area contributed by atoms with Crippen molar-refractivity contribution in [2.45, 2.75) is 32.7 Å². The number of phenolic OH excluding ortho intramolecular Hbond substituents is 1. The molecule has 0 aliphatic carbocycles. The Morgan fingerprint density at radius 2 is 1.70 bits per heavy atom. The summed E-state index contributed by atoms with van der Waals surface area (Å²) in [4.78, 5) is 35.4. The highest BCUT2D eigenvalue weighted by Gasteiger charge is 2.21. The van der Waals surface area contributed by atoms with Gasteiger partial charge in [-0.05, 0) is 30.0 Å². The quantitative estimate of drug-likeness (QED) is 0.354. The SMILES string of the molecule is CCCC(C)[C@@H](Nc1cc(=O)c1=O)c1ccccc1.CNc1cccc(C(=O)N(C)C)c1O. The summed E-state index contributed by atoms with van der Waals surface area (Å²) in [5, 5.41) is 15.7. The first kappa shape index (κ1) is 25.6. The number of carbonyl (C=O) groups excluding carboxylic acids is 1. The molecule has 0 radical (unpaired) electrons. The first-order valence-electron chi connectivity index (χ1n) is 11.0. The predicted octanol–water partition coefficient (Wildman–Crippen LogP) is 4.01. The largest absolute Gasteiger partial charge is 0.505 e. The molecule has 3 rings (SSSR count). The van der Waals surface area contributed by atoms with Crippen LogP contribution in [-0.4, -0.2) is 37.1 Å². The van der Waals surface area contributed by atoms with Gasteiger partial charge in [0.1, 0.15) is 0 Å². The van der Waals surface area contributed by atoms with Crippen LogP contribution in [0.25, 0.3) is 0 Å². The summed E-state index contributed by atoms with van der Waals surface area (Å²) >= 11 is 0. The second-order valence-electron chi connectivity index (χ2n) is 8.20. The molecule has 0 aliphatic rings. The molecule has 0 saturated heterocycles. The number of benzene rings is 2. The zero-order chi connectivity index (χ0) is 24.5. The zero-order valence-electron chi connectivity index (χ0n) is 19.9. The lowest BCUT2D eigenvalue weighted by molar-refractivity contribution is 0.0824. The van der Waals surface area contributed by atoms with E-state index in [1.54, 1.807) is 39.3 Å². The molecule has 176 valence electrons. The Kier molecular flexibility index (Phi) is 9.21. The second kappa shape index (κ2) is 11.9. The number of carbonyl (C=O) groups is 1. The minimum atomic E-state index is -0.405. The van der Waals surface area contributed by atoms with Gasteiger partial charge in [0.05, 0.1) is 23.0 Å². The van der Waals surface area contributed by atoms with Crippen molar-refractivity contribution in [3.05, 3.63) is 86.2 Å². The van der Waals surface area contributed by atoms with Crippen molar-refractivity contribution in [2.24, 2.45) is 5.92 Å². The summed E-state index contributed by atoms with van der Waals surface area (Å²) in [6, 6.07) is 16.5. The Morgan fingerprint density at radius 1 is 1.03 bits per heavy atom. The maximum atomic E-state index is 11.6. The molecule has 0 aliphatic heterocycles. The van der Waals surface area contributed by atoms with E-state index in [4.69, 9.17) is 0 Å². The molecule has 2 atom stereocenters. The molecule has 7 heteroatoms. The lowest BCUT2D eigenvalue weighted by atomic mass is 9.90. The van der Waals surface area contributed by atoms with Gasteiger partial charge in [-0.25, -0.2) is 0 Å². The summed E-state index contributed by atoms with van der Waals surface area (Å²) in [6.45, 7) is 4.32. The first-order chi connectivity index (χ1) is 15.7. The Labute approximate surface area is 194 Å². The summed E-state index contributed by atoms with van der Waals surface area (Å²) < 4.78 is 0. The van der Waals surface area contributed by atoms with Crippen molar-refractivity contribution < 1.29 is 9.90 Å². The highest BCUT2D eigenvalue weighted by Crippen LogP contribution is 2.29. The van der Waals surface area contributed by atoms with Gasteiger partial charge in [-0.2, -0.15) is 0 Å². The van der Waals surface area contributed by atoms with Gasteiger partial charge in [0, 0.05) is 27.2 Å². The first-order valence-corrected chi connectivity index (χ1v) is 11.0. The van der Waals surface area contributed by atoms with Crippen LogP contribution in [0, 0.1) is 5.92 Å². The maximum absolute atomic E-state index is 11.6. The Morgan fingerprint density at radius 3 is 2.21 bits per heavy atom. The fraction of sp³-hybridized carbons (Fsp3) is 0.346. The molecule has 1 unspecified atom stereocenters. The van der Waals surface area contributed by atoms with E-state index in [0.717, 1.165) is 18.4 Å². The number of nitrogens with one attached hydrogen (secondary N) is 2. The summed E-state index contributed by atoms with van der Waals surface area (Å²) in [5.74, 6) is 0.185. The minimum Gasteiger partial charge on any atom is -0.505 e. The number of phenols is 1. The number of amides is 1. The van der Waals surface area contributed by atoms with Crippen molar-refractivity contribution in [1.82, 2.24) is 4.90 Å². The second-order valence-corrected chi connectivity index (χ2v) is 8.20. The van der Waals surface area contributed by atoms with Crippen LogP contribution in [0.4, 0.5) is 11.4 Å². The summed E-state index contributed by atoms with van der Waals surface area (Å²) in [5.41, 5.74) is 1.65. The van der Waals surface area contributed by atoms with Gasteiger partial charge in [-0.15, -0.1) is 0 Å². The van der Waals surface area contributed by atoms with Crippen LogP contribution in [-0.2, 0) is 0 Å². The molecule has 3 aromatic rings. The number of rotatable bonds is 8. The topological polar surface area (TPSA) is 98.7 Å². The molecule has 0 spiro atoms. The number of anilines is 2. The fourth-order valence-corrected chi connectivity index (χ4v) is 3.59. The van der Waals surface area contributed by atoms with Crippen LogP contribution in [0.15, 0.2) is 64.2 Å². The predicted molar refractivity (Wildman–Crippen MR) is 134 cm³/mol. The molecule has 3 aromatic carbocycles. The molecule has 1 amide bonds. The minimum absolute atomic E-state index is 0.00583.